The number of hydrogen-bond donors (Lipinski definition) is 0. The molecule has 0 N–H and O–H groups in total. The summed E-state index contributed by atoms with van der Waals surface area (Å²) in [7, 11) is 1.80. The van der Waals surface area contributed by atoms with E-state index in [1.165, 1.54) is 11.8 Å². The lowest BCUT2D eigenvalue weighted by molar-refractivity contribution is -0.129. The maximum absolute atomic E-state index is 13.0. The first kappa shape index (κ1) is 21.6. The molecule has 5 nitrogen and oxygen atoms in total. The minimum absolute atomic E-state index is 0.00653. The van der Waals surface area contributed by atoms with Crippen LogP contribution in [0.5, 0.6) is 0 Å². The maximum atomic E-state index is 13.0. The number of fused-ring (bicyclic) bond motifs is 1. The van der Waals surface area contributed by atoms with Gasteiger partial charge in [0.15, 0.2) is 5.16 Å². The van der Waals surface area contributed by atoms with Gasteiger partial charge < -0.3 is 4.90 Å². The van der Waals surface area contributed by atoms with Crippen molar-refractivity contribution in [2.75, 3.05) is 7.05 Å². The summed E-state index contributed by atoms with van der Waals surface area (Å²) in [6.45, 7) is 5.00. The normalized spacial score (nSPS) is 12.1. The summed E-state index contributed by atoms with van der Waals surface area (Å²) in [5, 5.41) is 0.810. The van der Waals surface area contributed by atoms with Crippen LogP contribution in [0.1, 0.15) is 25.8 Å². The van der Waals surface area contributed by atoms with Crippen LogP contribution in [0, 0.1) is 0 Å². The molecule has 29 heavy (non-hydrogen) atoms. The van der Waals surface area contributed by atoms with Crippen LogP contribution in [-0.2, 0) is 17.9 Å². The lowest BCUT2D eigenvalue weighted by Crippen LogP contribution is -2.33. The van der Waals surface area contributed by atoms with Gasteiger partial charge in [0.2, 0.25) is 5.91 Å². The summed E-state index contributed by atoms with van der Waals surface area (Å²) >= 11 is 4.76. The number of amides is 1. The fraction of sp³-hybridized carbons (Fsp3) is 0.318. The second-order valence-electron chi connectivity index (χ2n) is 6.95. The molecule has 1 amide bonds. The van der Waals surface area contributed by atoms with Crippen LogP contribution in [-0.4, -0.2) is 32.7 Å². The lowest BCUT2D eigenvalue weighted by atomic mass is 10.2. The van der Waals surface area contributed by atoms with E-state index < -0.39 is 0 Å². The number of aromatic nitrogens is 2. The third-order valence-corrected chi connectivity index (χ3v) is 6.17. The molecule has 0 fully saturated rings. The van der Waals surface area contributed by atoms with Crippen molar-refractivity contribution < 1.29 is 4.79 Å². The monoisotopic (exact) mass is 473 g/mol. The van der Waals surface area contributed by atoms with Crippen molar-refractivity contribution in [2.45, 2.75) is 43.8 Å². The van der Waals surface area contributed by atoms with E-state index in [2.05, 4.69) is 15.9 Å². The zero-order valence-electron chi connectivity index (χ0n) is 16.8. The molecule has 0 spiro atoms. The molecule has 1 atom stereocenters. The topological polar surface area (TPSA) is 55.2 Å². The minimum Gasteiger partial charge on any atom is -0.340 e. The predicted molar refractivity (Wildman–Crippen MR) is 122 cm³/mol. The van der Waals surface area contributed by atoms with E-state index in [1.807, 2.05) is 56.3 Å². The van der Waals surface area contributed by atoms with Crippen molar-refractivity contribution >= 4 is 44.5 Å². The Morgan fingerprint density at radius 3 is 2.66 bits per heavy atom. The van der Waals surface area contributed by atoms with Gasteiger partial charge >= 0.3 is 0 Å². The van der Waals surface area contributed by atoms with Crippen LogP contribution in [0.4, 0.5) is 0 Å². The molecule has 0 aliphatic rings. The number of nitrogens with zero attached hydrogens (tertiary/aromatic N) is 3. The molecular formula is C22H24BrN3O2S. The molecular weight excluding hydrogens is 450 g/mol. The second-order valence-corrected chi connectivity index (χ2v) is 9.18. The smallest absolute Gasteiger partial charge is 0.262 e. The van der Waals surface area contributed by atoms with Crippen molar-refractivity contribution in [3.05, 3.63) is 68.9 Å². The lowest BCUT2D eigenvalue weighted by Gasteiger charge is -2.22. The average Bonchev–Trinajstić information content (AvgIpc) is 2.71. The third kappa shape index (κ3) is 5.08. The Morgan fingerprint density at radius 1 is 1.24 bits per heavy atom. The average molecular weight is 474 g/mol. The number of carbonyl (C=O) groups excluding carboxylic acids is 1. The SMILES string of the molecule is CCCn1c(SC(C)C(=O)N(C)Cc2ccccc2)nc2ccc(Br)cc2c1=O. The molecule has 1 aromatic heterocycles. The molecule has 1 heterocycles. The molecule has 0 aliphatic carbocycles. The molecule has 152 valence electrons. The Balaban J connectivity index is 1.86. The van der Waals surface area contributed by atoms with Gasteiger partial charge in [-0.1, -0.05) is 64.9 Å². The standard InChI is InChI=1S/C22H24BrN3O2S/c1-4-12-26-21(28)18-13-17(23)10-11-19(18)24-22(26)29-15(2)20(27)25(3)14-16-8-6-5-7-9-16/h5-11,13,15H,4,12,14H2,1-3H3. The van der Waals surface area contributed by atoms with Gasteiger partial charge in [0.25, 0.3) is 5.56 Å². The van der Waals surface area contributed by atoms with Gasteiger partial charge in [-0.05, 0) is 37.1 Å². The van der Waals surface area contributed by atoms with E-state index in [4.69, 9.17) is 4.98 Å². The number of thioether (sulfide) groups is 1. The number of benzene rings is 2. The summed E-state index contributed by atoms with van der Waals surface area (Å²) in [5.41, 5.74) is 1.65. The largest absolute Gasteiger partial charge is 0.340 e. The van der Waals surface area contributed by atoms with Gasteiger partial charge in [0, 0.05) is 24.6 Å². The van der Waals surface area contributed by atoms with Crippen molar-refractivity contribution in [1.29, 1.82) is 0 Å². The van der Waals surface area contributed by atoms with E-state index in [0.29, 0.717) is 29.1 Å². The summed E-state index contributed by atoms with van der Waals surface area (Å²) in [5.74, 6) is 0.00653. The first-order valence-corrected chi connectivity index (χ1v) is 11.2. The predicted octanol–water partition coefficient (Wildman–Crippen LogP) is 4.71. The first-order chi connectivity index (χ1) is 13.9. The van der Waals surface area contributed by atoms with E-state index in [0.717, 1.165) is 16.5 Å². The number of hydrogen-bond acceptors (Lipinski definition) is 4. The molecule has 0 radical (unpaired) electrons. The van der Waals surface area contributed by atoms with E-state index in [9.17, 15) is 9.59 Å². The van der Waals surface area contributed by atoms with Crippen LogP contribution >= 0.6 is 27.7 Å². The van der Waals surface area contributed by atoms with Crippen LogP contribution in [0.2, 0.25) is 0 Å². The quantitative estimate of drug-likeness (QED) is 0.368. The summed E-state index contributed by atoms with van der Waals surface area (Å²) < 4.78 is 2.53. The van der Waals surface area contributed by atoms with E-state index in [1.54, 1.807) is 22.6 Å². The van der Waals surface area contributed by atoms with Gasteiger partial charge in [-0.3, -0.25) is 14.2 Å². The van der Waals surface area contributed by atoms with Gasteiger partial charge in [-0.15, -0.1) is 0 Å². The Kier molecular flexibility index (Phi) is 7.14. The molecule has 1 unspecified atom stereocenters. The highest BCUT2D eigenvalue weighted by molar-refractivity contribution is 9.10. The number of rotatable bonds is 7. The maximum Gasteiger partial charge on any atom is 0.262 e. The zero-order chi connectivity index (χ0) is 21.0. The molecule has 0 bridgehead atoms. The van der Waals surface area contributed by atoms with Crippen molar-refractivity contribution in [2.24, 2.45) is 0 Å². The Morgan fingerprint density at radius 2 is 1.97 bits per heavy atom. The van der Waals surface area contributed by atoms with Crippen LogP contribution < -0.4 is 5.56 Å². The fourth-order valence-electron chi connectivity index (χ4n) is 3.14. The number of carbonyl (C=O) groups is 1. The van der Waals surface area contributed by atoms with Crippen LogP contribution in [0.25, 0.3) is 10.9 Å². The van der Waals surface area contributed by atoms with Crippen LogP contribution in [0.15, 0.2) is 63.0 Å². The van der Waals surface area contributed by atoms with E-state index in [-0.39, 0.29) is 16.7 Å². The Bertz CT molecular complexity index is 1070. The van der Waals surface area contributed by atoms with Crippen molar-refractivity contribution in [1.82, 2.24) is 14.5 Å². The molecule has 0 saturated heterocycles. The highest BCUT2D eigenvalue weighted by Gasteiger charge is 2.22. The van der Waals surface area contributed by atoms with Gasteiger partial charge in [-0.25, -0.2) is 4.98 Å². The highest BCUT2D eigenvalue weighted by atomic mass is 79.9. The zero-order valence-corrected chi connectivity index (χ0v) is 19.2. The van der Waals surface area contributed by atoms with Gasteiger partial charge in [-0.2, -0.15) is 0 Å². The van der Waals surface area contributed by atoms with Crippen molar-refractivity contribution in [3.63, 3.8) is 0 Å². The molecule has 0 saturated carbocycles. The second kappa shape index (κ2) is 9.59. The molecule has 7 heteroatoms. The summed E-state index contributed by atoms with van der Waals surface area (Å²) in [6, 6.07) is 15.4. The highest BCUT2D eigenvalue weighted by Crippen LogP contribution is 2.25. The Labute approximate surface area is 183 Å². The fourth-order valence-corrected chi connectivity index (χ4v) is 4.55. The van der Waals surface area contributed by atoms with Crippen LogP contribution in [0.3, 0.4) is 0 Å². The number of halogens is 1. The third-order valence-electron chi connectivity index (χ3n) is 4.60. The van der Waals surface area contributed by atoms with E-state index >= 15 is 0 Å². The van der Waals surface area contributed by atoms with Crippen molar-refractivity contribution in [3.8, 4) is 0 Å². The first-order valence-electron chi connectivity index (χ1n) is 9.56. The summed E-state index contributed by atoms with van der Waals surface area (Å²) in [6.07, 6.45) is 0.810. The molecule has 3 rings (SSSR count). The summed E-state index contributed by atoms with van der Waals surface area (Å²) in [4.78, 5) is 32.3. The van der Waals surface area contributed by atoms with Gasteiger partial charge in [0.05, 0.1) is 16.2 Å². The molecule has 0 aliphatic heterocycles. The Hall–Kier alpha value is -2.12. The molecule has 2 aromatic carbocycles. The molecule has 3 aromatic rings. The minimum atomic E-state index is -0.355. The van der Waals surface area contributed by atoms with Gasteiger partial charge in [0.1, 0.15) is 0 Å².